The van der Waals surface area contributed by atoms with Gasteiger partial charge in [-0.2, -0.15) is 0 Å². The standard InChI is InChI=1S/C20H28N4O3/c1-4-27-18-7-5-16(6-8-18)14-23-9-11-24(12-10-23)15-17-13-19(25)22(3)20(26)21(17)2/h5-8,13H,4,9-12,14-15H2,1-3H3. The van der Waals surface area contributed by atoms with E-state index in [1.165, 1.54) is 12.6 Å². The molecule has 146 valence electrons. The highest BCUT2D eigenvalue weighted by molar-refractivity contribution is 5.27. The SMILES string of the molecule is CCOc1ccc(CN2CCN(Cc3cc(=O)n(C)c(=O)n3C)CC2)cc1. The highest BCUT2D eigenvalue weighted by Crippen LogP contribution is 2.15. The van der Waals surface area contributed by atoms with Gasteiger partial charge in [0.2, 0.25) is 0 Å². The molecule has 3 rings (SSSR count). The van der Waals surface area contributed by atoms with Crippen LogP contribution < -0.4 is 16.0 Å². The average molecular weight is 372 g/mol. The monoisotopic (exact) mass is 372 g/mol. The number of benzene rings is 1. The molecular formula is C20H28N4O3. The Morgan fingerprint density at radius 1 is 0.889 bits per heavy atom. The number of rotatable bonds is 6. The fourth-order valence-corrected chi connectivity index (χ4v) is 3.38. The van der Waals surface area contributed by atoms with Crippen LogP contribution in [0.25, 0.3) is 0 Å². The zero-order valence-corrected chi connectivity index (χ0v) is 16.4. The molecule has 27 heavy (non-hydrogen) atoms. The molecule has 1 saturated heterocycles. The van der Waals surface area contributed by atoms with Crippen molar-refractivity contribution in [3.63, 3.8) is 0 Å². The van der Waals surface area contributed by atoms with Gasteiger partial charge in [0.1, 0.15) is 5.75 Å². The van der Waals surface area contributed by atoms with Gasteiger partial charge in [0.15, 0.2) is 0 Å². The summed E-state index contributed by atoms with van der Waals surface area (Å²) in [5, 5.41) is 0. The first-order valence-electron chi connectivity index (χ1n) is 9.40. The zero-order valence-electron chi connectivity index (χ0n) is 16.4. The molecule has 1 aromatic heterocycles. The Hall–Kier alpha value is -2.38. The van der Waals surface area contributed by atoms with Crippen LogP contribution in [-0.2, 0) is 27.2 Å². The maximum atomic E-state index is 12.1. The minimum absolute atomic E-state index is 0.248. The largest absolute Gasteiger partial charge is 0.494 e. The number of aromatic nitrogens is 2. The van der Waals surface area contributed by atoms with E-state index in [-0.39, 0.29) is 11.2 Å². The maximum Gasteiger partial charge on any atom is 0.330 e. The quantitative estimate of drug-likeness (QED) is 0.751. The van der Waals surface area contributed by atoms with Crippen LogP contribution in [0.4, 0.5) is 0 Å². The second-order valence-electron chi connectivity index (χ2n) is 7.00. The van der Waals surface area contributed by atoms with Crippen LogP contribution in [0, 0.1) is 0 Å². The van der Waals surface area contributed by atoms with Crippen molar-refractivity contribution in [2.24, 2.45) is 14.1 Å². The summed E-state index contributed by atoms with van der Waals surface area (Å²) in [6.45, 7) is 7.97. The maximum absolute atomic E-state index is 12.1. The van der Waals surface area contributed by atoms with E-state index in [0.717, 1.165) is 48.7 Å². The van der Waals surface area contributed by atoms with E-state index < -0.39 is 0 Å². The summed E-state index contributed by atoms with van der Waals surface area (Å²) in [5.41, 5.74) is 1.53. The van der Waals surface area contributed by atoms with Gasteiger partial charge in [0.25, 0.3) is 5.56 Å². The molecule has 0 spiro atoms. The molecule has 1 aliphatic heterocycles. The molecule has 0 saturated carbocycles. The van der Waals surface area contributed by atoms with Crippen molar-refractivity contribution >= 4 is 0 Å². The van der Waals surface area contributed by atoms with Crippen molar-refractivity contribution in [2.45, 2.75) is 20.0 Å². The van der Waals surface area contributed by atoms with Crippen LogP contribution in [0.2, 0.25) is 0 Å². The molecule has 7 nitrogen and oxygen atoms in total. The van der Waals surface area contributed by atoms with E-state index >= 15 is 0 Å². The van der Waals surface area contributed by atoms with Crippen molar-refractivity contribution in [3.05, 3.63) is 62.4 Å². The highest BCUT2D eigenvalue weighted by atomic mass is 16.5. The Morgan fingerprint density at radius 3 is 2.07 bits per heavy atom. The van der Waals surface area contributed by atoms with E-state index in [9.17, 15) is 9.59 Å². The van der Waals surface area contributed by atoms with E-state index in [1.807, 2.05) is 19.1 Å². The molecule has 0 aliphatic carbocycles. The number of hydrogen-bond donors (Lipinski definition) is 0. The summed E-state index contributed by atoms with van der Waals surface area (Å²) in [4.78, 5) is 28.7. The zero-order chi connectivity index (χ0) is 19.4. The fourth-order valence-electron chi connectivity index (χ4n) is 3.38. The first-order valence-corrected chi connectivity index (χ1v) is 9.40. The van der Waals surface area contributed by atoms with Crippen molar-refractivity contribution in [3.8, 4) is 5.75 Å². The molecule has 0 atom stereocenters. The minimum atomic E-state index is -0.272. The van der Waals surface area contributed by atoms with Crippen molar-refractivity contribution in [1.29, 1.82) is 0 Å². The second kappa shape index (κ2) is 8.54. The van der Waals surface area contributed by atoms with Gasteiger partial charge in [-0.25, -0.2) is 4.79 Å². The van der Waals surface area contributed by atoms with Crippen molar-refractivity contribution in [2.75, 3.05) is 32.8 Å². The predicted molar refractivity (Wildman–Crippen MR) is 105 cm³/mol. The molecule has 7 heteroatoms. The Bertz CT molecular complexity index is 878. The van der Waals surface area contributed by atoms with Gasteiger partial charge in [-0.05, 0) is 24.6 Å². The van der Waals surface area contributed by atoms with Crippen LogP contribution in [0.1, 0.15) is 18.2 Å². The van der Waals surface area contributed by atoms with E-state index in [4.69, 9.17) is 4.74 Å². The highest BCUT2D eigenvalue weighted by Gasteiger charge is 2.18. The molecule has 0 amide bonds. The lowest BCUT2D eigenvalue weighted by molar-refractivity contribution is 0.120. The Morgan fingerprint density at radius 2 is 1.48 bits per heavy atom. The third-order valence-corrected chi connectivity index (χ3v) is 5.12. The summed E-state index contributed by atoms with van der Waals surface area (Å²) in [7, 11) is 3.23. The van der Waals surface area contributed by atoms with Gasteiger partial charge in [0, 0.05) is 65.1 Å². The summed E-state index contributed by atoms with van der Waals surface area (Å²) < 4.78 is 8.19. The molecule has 0 unspecified atom stereocenters. The molecular weight excluding hydrogens is 344 g/mol. The molecule has 1 fully saturated rings. The average Bonchev–Trinajstić information content (AvgIpc) is 2.67. The Labute approximate surface area is 159 Å². The lowest BCUT2D eigenvalue weighted by atomic mass is 10.2. The molecule has 2 heterocycles. The number of ether oxygens (including phenoxy) is 1. The van der Waals surface area contributed by atoms with Gasteiger partial charge in [-0.3, -0.25) is 23.7 Å². The third kappa shape index (κ3) is 4.67. The molecule has 0 bridgehead atoms. The summed E-state index contributed by atoms with van der Waals surface area (Å²) >= 11 is 0. The van der Waals surface area contributed by atoms with Gasteiger partial charge in [-0.15, -0.1) is 0 Å². The van der Waals surface area contributed by atoms with Crippen LogP contribution in [0.3, 0.4) is 0 Å². The smallest absolute Gasteiger partial charge is 0.330 e. The fraction of sp³-hybridized carbons (Fsp3) is 0.500. The number of nitrogens with zero attached hydrogens (tertiary/aromatic N) is 4. The van der Waals surface area contributed by atoms with Gasteiger partial charge in [0.05, 0.1) is 6.61 Å². The van der Waals surface area contributed by atoms with Gasteiger partial charge >= 0.3 is 5.69 Å². The molecule has 2 aromatic rings. The minimum Gasteiger partial charge on any atom is -0.494 e. The molecule has 0 N–H and O–H groups in total. The van der Waals surface area contributed by atoms with E-state index in [1.54, 1.807) is 17.7 Å². The van der Waals surface area contributed by atoms with Crippen LogP contribution >= 0.6 is 0 Å². The van der Waals surface area contributed by atoms with Crippen molar-refractivity contribution in [1.82, 2.24) is 18.9 Å². The molecule has 1 aliphatic rings. The van der Waals surface area contributed by atoms with Crippen LogP contribution in [-0.4, -0.2) is 51.7 Å². The number of hydrogen-bond acceptors (Lipinski definition) is 5. The lowest BCUT2D eigenvalue weighted by Crippen LogP contribution is -2.46. The van der Waals surface area contributed by atoms with Gasteiger partial charge < -0.3 is 4.74 Å². The summed E-state index contributed by atoms with van der Waals surface area (Å²) in [6, 6.07) is 9.84. The summed E-state index contributed by atoms with van der Waals surface area (Å²) in [5.74, 6) is 0.908. The van der Waals surface area contributed by atoms with E-state index in [2.05, 4.69) is 21.9 Å². The van der Waals surface area contributed by atoms with Gasteiger partial charge in [-0.1, -0.05) is 12.1 Å². The third-order valence-electron chi connectivity index (χ3n) is 5.12. The first kappa shape index (κ1) is 19.4. The number of piperazine rings is 1. The van der Waals surface area contributed by atoms with Crippen LogP contribution in [0.15, 0.2) is 39.9 Å². The topological polar surface area (TPSA) is 59.7 Å². The lowest BCUT2D eigenvalue weighted by Gasteiger charge is -2.35. The Kier molecular flexibility index (Phi) is 6.13. The molecule has 0 radical (unpaired) electrons. The first-order chi connectivity index (χ1) is 13.0. The predicted octanol–water partition coefficient (Wildman–Crippen LogP) is 0.801. The van der Waals surface area contributed by atoms with Crippen molar-refractivity contribution < 1.29 is 4.74 Å². The summed E-state index contributed by atoms with van der Waals surface area (Å²) in [6.07, 6.45) is 0. The normalized spacial score (nSPS) is 15.8. The van der Waals surface area contributed by atoms with E-state index in [0.29, 0.717) is 13.2 Å². The second-order valence-corrected chi connectivity index (χ2v) is 7.00. The molecule has 1 aromatic carbocycles. The Balaban J connectivity index is 1.55. The van der Waals surface area contributed by atoms with Crippen LogP contribution in [0.5, 0.6) is 5.75 Å².